The molecule has 0 aromatic heterocycles. The second kappa shape index (κ2) is 6.87. The number of nitrogens with one attached hydrogen (secondary N) is 1. The van der Waals surface area contributed by atoms with Crippen LogP contribution in [0.1, 0.15) is 44.6 Å². The van der Waals surface area contributed by atoms with Crippen molar-refractivity contribution < 1.29 is 19.4 Å². The molecule has 1 heterocycles. The average molecular weight is 385 g/mol. The highest BCUT2D eigenvalue weighted by Crippen LogP contribution is 2.44. The minimum absolute atomic E-state index is 0.00648. The molecule has 29 heavy (non-hydrogen) atoms. The van der Waals surface area contributed by atoms with Crippen molar-refractivity contribution in [1.29, 1.82) is 0 Å². The zero-order valence-corrected chi connectivity index (χ0v) is 15.6. The fourth-order valence-electron chi connectivity index (χ4n) is 4.47. The maximum atomic E-state index is 12.9. The fraction of sp³-hybridized carbons (Fsp3) is 0.167. The smallest absolute Gasteiger partial charge is 0.338 e. The Morgan fingerprint density at radius 1 is 0.897 bits per heavy atom. The lowest BCUT2D eigenvalue weighted by Gasteiger charge is -2.15. The number of fused-ring (bicyclic) bond motifs is 4. The highest BCUT2D eigenvalue weighted by atomic mass is 16.5. The molecule has 1 atom stereocenters. The van der Waals surface area contributed by atoms with Crippen molar-refractivity contribution in [2.24, 2.45) is 0 Å². The van der Waals surface area contributed by atoms with Gasteiger partial charge >= 0.3 is 11.9 Å². The van der Waals surface area contributed by atoms with Gasteiger partial charge in [-0.05, 0) is 39.4 Å². The highest BCUT2D eigenvalue weighted by Gasteiger charge is 2.32. The van der Waals surface area contributed by atoms with E-state index >= 15 is 0 Å². The van der Waals surface area contributed by atoms with E-state index in [1.54, 1.807) is 18.2 Å². The molecule has 0 unspecified atom stereocenters. The molecule has 0 amide bonds. The lowest BCUT2D eigenvalue weighted by molar-refractivity contribution is -0.139. The van der Waals surface area contributed by atoms with Crippen LogP contribution in [0.5, 0.6) is 0 Å². The van der Waals surface area contributed by atoms with Crippen molar-refractivity contribution in [3.05, 3.63) is 94.5 Å². The first-order valence-electron chi connectivity index (χ1n) is 9.58. The van der Waals surface area contributed by atoms with E-state index in [1.807, 2.05) is 24.3 Å². The van der Waals surface area contributed by atoms with Crippen molar-refractivity contribution >= 4 is 11.9 Å². The third-order valence-corrected chi connectivity index (χ3v) is 5.82. The highest BCUT2D eigenvalue weighted by molar-refractivity contribution is 5.93. The number of carbonyl (C=O) groups is 2. The molecular weight excluding hydrogens is 366 g/mol. The van der Waals surface area contributed by atoms with Gasteiger partial charge in [0.1, 0.15) is 12.6 Å². The standard InChI is InChI=1S/C24H19NO4/c26-23(27)22-18-10-5-11-19(20(18)12-25-22)24(28)29-13-21-16-8-3-1-6-14(16)15-7-2-4-9-17(15)21/h1-11,21-22,25H,12-13H2,(H,26,27)/t22-/m1/s1. The summed E-state index contributed by atoms with van der Waals surface area (Å²) in [5.41, 5.74) is 6.44. The number of carboxylic acid groups (broad SMARTS) is 1. The Bertz CT molecular complexity index is 1090. The van der Waals surface area contributed by atoms with Crippen LogP contribution in [-0.2, 0) is 16.1 Å². The van der Waals surface area contributed by atoms with Gasteiger partial charge in [-0.3, -0.25) is 10.1 Å². The molecule has 0 spiro atoms. The summed E-state index contributed by atoms with van der Waals surface area (Å²) >= 11 is 0. The third kappa shape index (κ3) is 2.82. The van der Waals surface area contributed by atoms with E-state index < -0.39 is 18.0 Å². The van der Waals surface area contributed by atoms with E-state index in [1.165, 1.54) is 11.1 Å². The summed E-state index contributed by atoms with van der Waals surface area (Å²) in [6, 6.07) is 20.7. The Morgan fingerprint density at radius 3 is 2.17 bits per heavy atom. The third-order valence-electron chi connectivity index (χ3n) is 5.82. The zero-order valence-electron chi connectivity index (χ0n) is 15.6. The Hall–Kier alpha value is -3.44. The molecule has 1 aliphatic heterocycles. The molecular formula is C24H19NO4. The fourth-order valence-corrected chi connectivity index (χ4v) is 4.47. The quantitative estimate of drug-likeness (QED) is 0.667. The number of hydrogen-bond donors (Lipinski definition) is 2. The Kier molecular flexibility index (Phi) is 4.18. The van der Waals surface area contributed by atoms with Gasteiger partial charge in [0, 0.05) is 12.5 Å². The molecule has 2 N–H and O–H groups in total. The average Bonchev–Trinajstić information content (AvgIpc) is 3.32. The van der Waals surface area contributed by atoms with Gasteiger partial charge < -0.3 is 9.84 Å². The molecule has 0 radical (unpaired) electrons. The van der Waals surface area contributed by atoms with Gasteiger partial charge in [-0.2, -0.15) is 0 Å². The van der Waals surface area contributed by atoms with E-state index in [9.17, 15) is 14.7 Å². The number of carbonyl (C=O) groups excluding carboxylic acids is 1. The normalized spacial score (nSPS) is 16.8. The first-order chi connectivity index (χ1) is 14.1. The van der Waals surface area contributed by atoms with Crippen molar-refractivity contribution in [1.82, 2.24) is 5.32 Å². The maximum Gasteiger partial charge on any atom is 0.338 e. The number of rotatable bonds is 4. The Morgan fingerprint density at radius 2 is 1.52 bits per heavy atom. The van der Waals surface area contributed by atoms with Crippen LogP contribution < -0.4 is 5.32 Å². The SMILES string of the molecule is O=C(OCC1c2ccccc2-c2ccccc21)c1cccc2c1CN[C@H]2C(=O)O. The molecule has 0 bridgehead atoms. The predicted molar refractivity (Wildman–Crippen MR) is 108 cm³/mol. The van der Waals surface area contributed by atoms with Crippen LogP contribution in [-0.4, -0.2) is 23.7 Å². The van der Waals surface area contributed by atoms with Gasteiger partial charge in [0.2, 0.25) is 0 Å². The predicted octanol–water partition coefficient (Wildman–Crippen LogP) is 3.88. The second-order valence-corrected chi connectivity index (χ2v) is 7.35. The van der Waals surface area contributed by atoms with Gasteiger partial charge in [-0.15, -0.1) is 0 Å². The summed E-state index contributed by atoms with van der Waals surface area (Å²) in [7, 11) is 0. The van der Waals surface area contributed by atoms with Crippen LogP contribution in [0.4, 0.5) is 0 Å². The summed E-state index contributed by atoms with van der Waals surface area (Å²) in [5.74, 6) is -1.38. The minimum Gasteiger partial charge on any atom is -0.480 e. The largest absolute Gasteiger partial charge is 0.480 e. The molecule has 2 aliphatic rings. The lowest BCUT2D eigenvalue weighted by atomic mass is 9.97. The summed E-state index contributed by atoms with van der Waals surface area (Å²) in [6.07, 6.45) is 0. The molecule has 0 saturated heterocycles. The summed E-state index contributed by atoms with van der Waals surface area (Å²) < 4.78 is 5.73. The van der Waals surface area contributed by atoms with Gasteiger partial charge in [-0.25, -0.2) is 4.79 Å². The van der Waals surface area contributed by atoms with Gasteiger partial charge in [0.05, 0.1) is 5.56 Å². The van der Waals surface area contributed by atoms with E-state index in [0.717, 1.165) is 11.1 Å². The van der Waals surface area contributed by atoms with Crippen LogP contribution in [0.15, 0.2) is 66.7 Å². The number of hydrogen-bond acceptors (Lipinski definition) is 4. The van der Waals surface area contributed by atoms with Crippen LogP contribution in [0, 0.1) is 0 Å². The summed E-state index contributed by atoms with van der Waals surface area (Å²) in [6.45, 7) is 0.582. The molecule has 5 rings (SSSR count). The number of ether oxygens (including phenoxy) is 1. The van der Waals surface area contributed by atoms with Crippen molar-refractivity contribution in [2.75, 3.05) is 6.61 Å². The number of aliphatic carboxylic acids is 1. The monoisotopic (exact) mass is 385 g/mol. The molecule has 0 saturated carbocycles. The van der Waals surface area contributed by atoms with Crippen LogP contribution in [0.25, 0.3) is 11.1 Å². The Labute approximate surface area is 168 Å². The molecule has 3 aromatic carbocycles. The number of esters is 1. The van der Waals surface area contributed by atoms with Crippen LogP contribution >= 0.6 is 0 Å². The molecule has 144 valence electrons. The van der Waals surface area contributed by atoms with Gasteiger partial charge in [-0.1, -0.05) is 60.7 Å². The maximum absolute atomic E-state index is 12.9. The van der Waals surface area contributed by atoms with E-state index in [2.05, 4.69) is 29.6 Å². The van der Waals surface area contributed by atoms with E-state index in [-0.39, 0.29) is 12.5 Å². The number of carboxylic acids is 1. The van der Waals surface area contributed by atoms with Gasteiger partial charge in [0.25, 0.3) is 0 Å². The molecule has 1 aliphatic carbocycles. The van der Waals surface area contributed by atoms with Crippen molar-refractivity contribution in [3.63, 3.8) is 0 Å². The first-order valence-corrected chi connectivity index (χ1v) is 9.58. The van der Waals surface area contributed by atoms with Gasteiger partial charge in [0.15, 0.2) is 0 Å². The second-order valence-electron chi connectivity index (χ2n) is 7.35. The lowest BCUT2D eigenvalue weighted by Crippen LogP contribution is -2.21. The molecule has 0 fully saturated rings. The van der Waals surface area contributed by atoms with E-state index in [0.29, 0.717) is 23.2 Å². The first kappa shape index (κ1) is 17.6. The topological polar surface area (TPSA) is 75.6 Å². The zero-order chi connectivity index (χ0) is 20.0. The van der Waals surface area contributed by atoms with Crippen LogP contribution in [0.3, 0.4) is 0 Å². The molecule has 5 nitrogen and oxygen atoms in total. The van der Waals surface area contributed by atoms with E-state index in [4.69, 9.17) is 4.74 Å². The Balaban J connectivity index is 1.41. The summed E-state index contributed by atoms with van der Waals surface area (Å²) in [4.78, 5) is 24.3. The molecule has 3 aromatic rings. The van der Waals surface area contributed by atoms with Crippen LogP contribution in [0.2, 0.25) is 0 Å². The minimum atomic E-state index is -0.951. The van der Waals surface area contributed by atoms with Crippen molar-refractivity contribution in [2.45, 2.75) is 18.5 Å². The molecule has 5 heteroatoms. The summed E-state index contributed by atoms with van der Waals surface area (Å²) in [5, 5.41) is 12.3. The number of benzene rings is 3. The van der Waals surface area contributed by atoms with Crippen molar-refractivity contribution in [3.8, 4) is 11.1 Å².